The van der Waals surface area contributed by atoms with Crippen LogP contribution in [0.2, 0.25) is 0 Å². The van der Waals surface area contributed by atoms with Crippen LogP contribution in [0, 0.1) is 4.77 Å². The number of hydrogen-bond acceptors (Lipinski definition) is 3. The molecule has 4 nitrogen and oxygen atoms in total. The fraction of sp³-hybridized carbons (Fsp3) is 0.250. The minimum absolute atomic E-state index is 0.0526. The average molecular weight is 247 g/mol. The topological polar surface area (TPSA) is 61.5 Å². The Kier molecular flexibility index (Phi) is 3.49. The number of rotatable bonds is 4. The number of pyridine rings is 1. The molecule has 0 aliphatic heterocycles. The Labute approximate surface area is 104 Å². The van der Waals surface area contributed by atoms with Gasteiger partial charge in [0.1, 0.15) is 5.69 Å². The zero-order chi connectivity index (χ0) is 12.3. The summed E-state index contributed by atoms with van der Waals surface area (Å²) in [6.45, 7) is 2.06. The SMILES string of the molecule is CCCc1[nH]c(=S)[nH]c1C(=O)c1ccncc1. The predicted octanol–water partition coefficient (Wildman–Crippen LogP) is 2.65. The van der Waals surface area contributed by atoms with E-state index in [0.717, 1.165) is 18.5 Å². The molecule has 0 atom stereocenters. The van der Waals surface area contributed by atoms with Crippen LogP contribution in [-0.4, -0.2) is 20.7 Å². The zero-order valence-corrected chi connectivity index (χ0v) is 10.3. The molecule has 0 radical (unpaired) electrons. The molecular weight excluding hydrogens is 234 g/mol. The summed E-state index contributed by atoms with van der Waals surface area (Å²) >= 11 is 5.03. The van der Waals surface area contributed by atoms with Crippen molar-refractivity contribution in [1.29, 1.82) is 0 Å². The van der Waals surface area contributed by atoms with E-state index in [4.69, 9.17) is 12.2 Å². The van der Waals surface area contributed by atoms with Crippen molar-refractivity contribution in [1.82, 2.24) is 15.0 Å². The van der Waals surface area contributed by atoms with E-state index in [-0.39, 0.29) is 5.78 Å². The summed E-state index contributed by atoms with van der Waals surface area (Å²) in [5.41, 5.74) is 2.05. The van der Waals surface area contributed by atoms with Crippen molar-refractivity contribution in [3.05, 3.63) is 46.2 Å². The molecule has 0 fully saturated rings. The number of imidazole rings is 1. The third kappa shape index (κ3) is 2.50. The number of ketones is 1. The first-order valence-electron chi connectivity index (χ1n) is 5.48. The van der Waals surface area contributed by atoms with E-state index in [1.807, 2.05) is 0 Å². The normalized spacial score (nSPS) is 10.4. The quantitative estimate of drug-likeness (QED) is 0.645. The highest BCUT2D eigenvalue weighted by molar-refractivity contribution is 7.71. The number of carbonyl (C=O) groups excluding carboxylic acids is 1. The molecule has 17 heavy (non-hydrogen) atoms. The van der Waals surface area contributed by atoms with Gasteiger partial charge in [-0.2, -0.15) is 0 Å². The third-order valence-corrected chi connectivity index (χ3v) is 2.68. The lowest BCUT2D eigenvalue weighted by Crippen LogP contribution is -2.05. The van der Waals surface area contributed by atoms with Crippen LogP contribution in [0.25, 0.3) is 0 Å². The molecule has 2 rings (SSSR count). The molecule has 2 aromatic rings. The molecule has 0 aromatic carbocycles. The van der Waals surface area contributed by atoms with E-state index in [1.165, 1.54) is 0 Å². The second-order valence-electron chi connectivity index (χ2n) is 3.75. The van der Waals surface area contributed by atoms with Gasteiger partial charge in [-0.3, -0.25) is 9.78 Å². The van der Waals surface area contributed by atoms with Crippen molar-refractivity contribution < 1.29 is 4.79 Å². The van der Waals surface area contributed by atoms with Crippen LogP contribution in [-0.2, 0) is 6.42 Å². The molecule has 2 aromatic heterocycles. The molecule has 88 valence electrons. The number of carbonyl (C=O) groups is 1. The molecule has 0 bridgehead atoms. The molecular formula is C12H13N3OS. The molecule has 0 aliphatic rings. The number of aromatic amines is 2. The Hall–Kier alpha value is -1.75. The highest BCUT2D eigenvalue weighted by Crippen LogP contribution is 2.12. The minimum atomic E-state index is -0.0526. The van der Waals surface area contributed by atoms with Crippen molar-refractivity contribution in [2.75, 3.05) is 0 Å². The summed E-state index contributed by atoms with van der Waals surface area (Å²) in [6.07, 6.45) is 4.97. The van der Waals surface area contributed by atoms with Crippen molar-refractivity contribution in [2.45, 2.75) is 19.8 Å². The van der Waals surface area contributed by atoms with E-state index in [9.17, 15) is 4.79 Å². The van der Waals surface area contributed by atoms with Gasteiger partial charge < -0.3 is 9.97 Å². The maximum Gasteiger partial charge on any atom is 0.211 e. The first-order valence-corrected chi connectivity index (χ1v) is 5.89. The largest absolute Gasteiger partial charge is 0.334 e. The monoisotopic (exact) mass is 247 g/mol. The lowest BCUT2D eigenvalue weighted by molar-refractivity contribution is 0.103. The Balaban J connectivity index is 2.40. The summed E-state index contributed by atoms with van der Waals surface area (Å²) in [5.74, 6) is -0.0526. The van der Waals surface area contributed by atoms with E-state index in [2.05, 4.69) is 21.9 Å². The number of aryl methyl sites for hydroxylation is 1. The van der Waals surface area contributed by atoms with E-state index >= 15 is 0 Å². The Bertz CT molecular complexity index is 571. The highest BCUT2D eigenvalue weighted by atomic mass is 32.1. The van der Waals surface area contributed by atoms with Crippen LogP contribution in [0.4, 0.5) is 0 Å². The van der Waals surface area contributed by atoms with Crippen molar-refractivity contribution in [3.63, 3.8) is 0 Å². The highest BCUT2D eigenvalue weighted by Gasteiger charge is 2.15. The van der Waals surface area contributed by atoms with Gasteiger partial charge in [0, 0.05) is 23.7 Å². The molecule has 0 saturated heterocycles. The summed E-state index contributed by atoms with van der Waals surface area (Å²) in [4.78, 5) is 22.1. The van der Waals surface area contributed by atoms with Crippen LogP contribution in [0.1, 0.15) is 35.1 Å². The summed E-state index contributed by atoms with van der Waals surface area (Å²) < 4.78 is 0.492. The smallest absolute Gasteiger partial charge is 0.211 e. The Morgan fingerprint density at radius 1 is 1.35 bits per heavy atom. The van der Waals surface area contributed by atoms with Crippen LogP contribution in [0.5, 0.6) is 0 Å². The molecule has 0 spiro atoms. The predicted molar refractivity (Wildman–Crippen MR) is 67.6 cm³/mol. The third-order valence-electron chi connectivity index (χ3n) is 2.47. The first-order chi connectivity index (χ1) is 8.22. The van der Waals surface area contributed by atoms with E-state index in [1.54, 1.807) is 24.5 Å². The maximum absolute atomic E-state index is 12.2. The molecule has 5 heteroatoms. The summed E-state index contributed by atoms with van der Waals surface area (Å²) in [5, 5.41) is 0. The van der Waals surface area contributed by atoms with Crippen molar-refractivity contribution in [2.24, 2.45) is 0 Å². The molecule has 2 N–H and O–H groups in total. The molecule has 0 saturated carbocycles. The summed E-state index contributed by atoms with van der Waals surface area (Å²) in [7, 11) is 0. The number of H-pyrrole nitrogens is 2. The number of aromatic nitrogens is 3. The van der Waals surface area contributed by atoms with Gasteiger partial charge in [0.05, 0.1) is 0 Å². The second-order valence-corrected chi connectivity index (χ2v) is 4.16. The van der Waals surface area contributed by atoms with Gasteiger partial charge in [0.15, 0.2) is 4.77 Å². The van der Waals surface area contributed by atoms with Crippen molar-refractivity contribution in [3.8, 4) is 0 Å². The summed E-state index contributed by atoms with van der Waals surface area (Å²) in [6, 6.07) is 3.39. The Morgan fingerprint density at radius 3 is 2.71 bits per heavy atom. The minimum Gasteiger partial charge on any atom is -0.334 e. The van der Waals surface area contributed by atoms with Gasteiger partial charge in [0.25, 0.3) is 0 Å². The van der Waals surface area contributed by atoms with Crippen LogP contribution in [0.3, 0.4) is 0 Å². The lowest BCUT2D eigenvalue weighted by atomic mass is 10.1. The van der Waals surface area contributed by atoms with Gasteiger partial charge >= 0.3 is 0 Å². The molecule has 0 aliphatic carbocycles. The number of nitrogens with one attached hydrogen (secondary N) is 2. The lowest BCUT2D eigenvalue weighted by Gasteiger charge is -2.01. The van der Waals surface area contributed by atoms with E-state index < -0.39 is 0 Å². The van der Waals surface area contributed by atoms with Crippen LogP contribution >= 0.6 is 12.2 Å². The van der Waals surface area contributed by atoms with Gasteiger partial charge in [-0.05, 0) is 30.8 Å². The fourth-order valence-electron chi connectivity index (χ4n) is 1.70. The standard InChI is InChI=1S/C12H13N3OS/c1-2-3-9-10(15-12(17)14-9)11(16)8-4-6-13-7-5-8/h4-7H,2-3H2,1H3,(H2,14,15,17). The van der Waals surface area contributed by atoms with Gasteiger partial charge in [-0.15, -0.1) is 0 Å². The van der Waals surface area contributed by atoms with Gasteiger partial charge in [0.2, 0.25) is 5.78 Å². The average Bonchev–Trinajstić information content (AvgIpc) is 2.71. The fourth-order valence-corrected chi connectivity index (χ4v) is 1.92. The van der Waals surface area contributed by atoms with Gasteiger partial charge in [-0.25, -0.2) is 0 Å². The second kappa shape index (κ2) is 5.05. The maximum atomic E-state index is 12.2. The number of nitrogens with zero attached hydrogens (tertiary/aromatic N) is 1. The van der Waals surface area contributed by atoms with Crippen LogP contribution < -0.4 is 0 Å². The number of hydrogen-bond donors (Lipinski definition) is 2. The molecule has 0 amide bonds. The zero-order valence-electron chi connectivity index (χ0n) is 9.49. The first kappa shape index (κ1) is 11.7. The molecule has 0 unspecified atom stereocenters. The van der Waals surface area contributed by atoms with Crippen LogP contribution in [0.15, 0.2) is 24.5 Å². The molecule has 2 heterocycles. The van der Waals surface area contributed by atoms with Crippen molar-refractivity contribution >= 4 is 18.0 Å². The Morgan fingerprint density at radius 2 is 2.06 bits per heavy atom. The van der Waals surface area contributed by atoms with Gasteiger partial charge in [-0.1, -0.05) is 13.3 Å². The van der Waals surface area contributed by atoms with E-state index in [0.29, 0.717) is 16.0 Å².